The van der Waals surface area contributed by atoms with Crippen LogP contribution in [0, 0.1) is 23.7 Å². The van der Waals surface area contributed by atoms with Gasteiger partial charge in [-0.2, -0.15) is 0 Å². The SMILES string of the molecule is COC(=O)C1CC(=O)N(CCSSCCN2CC(C(=O)OC)CC2=O)C1.NCCNC(=O)C1CC(=O)N(CCSSCCN2CC(C(=O)NCCN)CC2=O)C1. The summed E-state index contributed by atoms with van der Waals surface area (Å²) in [4.78, 5) is 102. The molecule has 0 aromatic carbocycles. The molecule has 4 saturated heterocycles. The molecular weight excluding hydrogens is 809 g/mol. The highest BCUT2D eigenvalue weighted by Crippen LogP contribution is 2.27. The second-order valence-corrected chi connectivity index (χ2v) is 18.9. The Bertz CT molecular complexity index is 1280. The molecule has 4 unspecified atom stereocenters. The molecule has 0 radical (unpaired) electrons. The van der Waals surface area contributed by atoms with Crippen LogP contribution in [0.2, 0.25) is 0 Å². The number of carbonyl (C=O) groups is 8. The summed E-state index contributed by atoms with van der Waals surface area (Å²) < 4.78 is 9.37. The van der Waals surface area contributed by atoms with E-state index in [2.05, 4.69) is 20.1 Å². The molecule has 316 valence electrons. The number of esters is 2. The van der Waals surface area contributed by atoms with Gasteiger partial charge in [-0.05, 0) is 0 Å². The van der Waals surface area contributed by atoms with Gasteiger partial charge in [0.25, 0.3) is 0 Å². The first-order chi connectivity index (χ1) is 26.9. The Kier molecular flexibility index (Phi) is 21.6. The summed E-state index contributed by atoms with van der Waals surface area (Å²) in [5.41, 5.74) is 10.8. The molecular formula is C34H56N8O10S4. The number of likely N-dealkylation sites (tertiary alicyclic amines) is 4. The second kappa shape index (κ2) is 25.4. The van der Waals surface area contributed by atoms with Crippen molar-refractivity contribution in [2.75, 3.05) is 116 Å². The van der Waals surface area contributed by atoms with Gasteiger partial charge in [-0.3, -0.25) is 38.4 Å². The van der Waals surface area contributed by atoms with Crippen molar-refractivity contribution in [3.63, 3.8) is 0 Å². The Balaban J connectivity index is 0.000000303. The van der Waals surface area contributed by atoms with E-state index < -0.39 is 0 Å². The fourth-order valence-electron chi connectivity index (χ4n) is 6.46. The van der Waals surface area contributed by atoms with Crippen molar-refractivity contribution in [2.45, 2.75) is 25.7 Å². The van der Waals surface area contributed by atoms with Crippen LogP contribution in [-0.4, -0.2) is 183 Å². The highest BCUT2D eigenvalue weighted by Gasteiger charge is 2.37. The lowest BCUT2D eigenvalue weighted by molar-refractivity contribution is -0.145. The van der Waals surface area contributed by atoms with E-state index in [0.29, 0.717) is 78.5 Å². The van der Waals surface area contributed by atoms with E-state index in [-0.39, 0.29) is 96.7 Å². The Morgan fingerprint density at radius 3 is 1.07 bits per heavy atom. The molecule has 0 spiro atoms. The predicted octanol–water partition coefficient (Wildman–Crippen LogP) is -1.37. The average Bonchev–Trinajstić information content (AvgIpc) is 3.97. The van der Waals surface area contributed by atoms with Gasteiger partial charge in [0.1, 0.15) is 0 Å². The number of nitrogens with one attached hydrogen (secondary N) is 2. The van der Waals surface area contributed by atoms with Crippen LogP contribution in [0.1, 0.15) is 25.7 Å². The molecule has 4 fully saturated rings. The summed E-state index contributed by atoms with van der Waals surface area (Å²) in [7, 11) is 9.22. The molecule has 0 bridgehead atoms. The zero-order valence-corrected chi connectivity index (χ0v) is 35.4. The maximum absolute atomic E-state index is 12.1. The van der Waals surface area contributed by atoms with Gasteiger partial charge in [-0.15, -0.1) is 0 Å². The summed E-state index contributed by atoms with van der Waals surface area (Å²) >= 11 is 0. The largest absolute Gasteiger partial charge is 0.469 e. The normalized spacial score (nSPS) is 22.1. The number of ether oxygens (including phenoxy) is 2. The van der Waals surface area contributed by atoms with Gasteiger partial charge in [-0.25, -0.2) is 0 Å². The number of hydrogen-bond donors (Lipinski definition) is 4. The van der Waals surface area contributed by atoms with E-state index in [1.165, 1.54) is 14.2 Å². The average molecular weight is 865 g/mol. The molecule has 18 nitrogen and oxygen atoms in total. The summed E-state index contributed by atoms with van der Waals surface area (Å²) in [5, 5.41) is 5.47. The van der Waals surface area contributed by atoms with Crippen LogP contribution in [0.25, 0.3) is 0 Å². The third kappa shape index (κ3) is 15.4. The van der Waals surface area contributed by atoms with Crippen molar-refractivity contribution >= 4 is 90.6 Å². The molecule has 4 atom stereocenters. The van der Waals surface area contributed by atoms with Crippen molar-refractivity contribution in [3.8, 4) is 0 Å². The third-order valence-electron chi connectivity index (χ3n) is 9.50. The van der Waals surface area contributed by atoms with Crippen molar-refractivity contribution in [2.24, 2.45) is 35.1 Å². The molecule has 4 aliphatic heterocycles. The van der Waals surface area contributed by atoms with Gasteiger partial charge in [0.15, 0.2) is 0 Å². The Morgan fingerprint density at radius 1 is 0.536 bits per heavy atom. The molecule has 0 aromatic heterocycles. The topological polar surface area (TPSA) is 244 Å². The van der Waals surface area contributed by atoms with Crippen LogP contribution in [0.3, 0.4) is 0 Å². The lowest BCUT2D eigenvalue weighted by Crippen LogP contribution is -2.36. The van der Waals surface area contributed by atoms with E-state index in [9.17, 15) is 38.4 Å². The van der Waals surface area contributed by atoms with E-state index in [1.807, 2.05) is 0 Å². The Hall–Kier alpha value is -2.92. The number of nitrogens with zero attached hydrogens (tertiary/aromatic N) is 4. The predicted molar refractivity (Wildman–Crippen MR) is 217 cm³/mol. The second-order valence-electron chi connectivity index (χ2n) is 13.5. The third-order valence-corrected chi connectivity index (χ3v) is 14.2. The van der Waals surface area contributed by atoms with Crippen LogP contribution in [-0.2, 0) is 47.8 Å². The number of rotatable bonds is 22. The number of nitrogens with two attached hydrogens (primary N) is 2. The minimum atomic E-state index is -0.353. The van der Waals surface area contributed by atoms with Crippen LogP contribution < -0.4 is 22.1 Å². The number of hydrogen-bond acceptors (Lipinski definition) is 16. The molecule has 56 heavy (non-hydrogen) atoms. The molecule has 4 aliphatic rings. The van der Waals surface area contributed by atoms with Crippen LogP contribution in [0.15, 0.2) is 0 Å². The van der Waals surface area contributed by atoms with Crippen molar-refractivity contribution in [3.05, 3.63) is 0 Å². The van der Waals surface area contributed by atoms with E-state index in [1.54, 1.807) is 62.8 Å². The molecule has 6 amide bonds. The maximum Gasteiger partial charge on any atom is 0.310 e. The fourth-order valence-corrected chi connectivity index (χ4v) is 10.4. The van der Waals surface area contributed by atoms with Gasteiger partial charge in [-0.1, -0.05) is 43.2 Å². The van der Waals surface area contributed by atoms with Crippen LogP contribution in [0.5, 0.6) is 0 Å². The first kappa shape index (κ1) is 47.5. The van der Waals surface area contributed by atoms with Crippen LogP contribution >= 0.6 is 43.2 Å². The lowest BCUT2D eigenvalue weighted by atomic mass is 10.1. The number of carbonyl (C=O) groups excluding carboxylic acids is 8. The monoisotopic (exact) mass is 864 g/mol. The van der Waals surface area contributed by atoms with Gasteiger partial charge in [0.2, 0.25) is 35.4 Å². The quantitative estimate of drug-likeness (QED) is 0.0557. The highest BCUT2D eigenvalue weighted by molar-refractivity contribution is 8.77. The smallest absolute Gasteiger partial charge is 0.310 e. The fraction of sp³-hybridized carbons (Fsp3) is 0.765. The molecule has 22 heteroatoms. The van der Waals surface area contributed by atoms with Gasteiger partial charge < -0.3 is 51.2 Å². The summed E-state index contributed by atoms with van der Waals surface area (Å²) in [5.74, 6) is 0.844. The summed E-state index contributed by atoms with van der Waals surface area (Å²) in [6.45, 7) is 5.77. The van der Waals surface area contributed by atoms with Gasteiger partial charge in [0, 0.05) is 127 Å². The van der Waals surface area contributed by atoms with E-state index >= 15 is 0 Å². The Labute approximate surface area is 343 Å². The molecule has 0 aromatic rings. The number of methoxy groups -OCH3 is 2. The zero-order valence-electron chi connectivity index (χ0n) is 32.1. The lowest BCUT2D eigenvalue weighted by Gasteiger charge is -2.17. The molecule has 0 saturated carbocycles. The molecule has 4 heterocycles. The van der Waals surface area contributed by atoms with Crippen molar-refractivity contribution in [1.82, 2.24) is 30.2 Å². The molecule has 6 N–H and O–H groups in total. The first-order valence-electron chi connectivity index (χ1n) is 18.6. The first-order valence-corrected chi connectivity index (χ1v) is 23.6. The maximum atomic E-state index is 12.1. The van der Waals surface area contributed by atoms with Gasteiger partial charge in [0.05, 0.1) is 37.9 Å². The standard InChI is InChI=1S/C18H32N6O4S2.C16H24N2O6S2/c19-1-3-21-17(27)13-9-15(25)23(11-13)5-7-29-30-8-6-24-12-14(10-16(24)26)18(28)22-4-2-20;1-23-15(21)11-7-13(19)17(9-11)3-5-25-26-6-4-18-10-12(8-14(18)20)16(22)24-2/h13-14H,1-12,19-20H2,(H,21,27)(H,22,28);11-12H,3-10H2,1-2H3. The van der Waals surface area contributed by atoms with Crippen LogP contribution in [0.4, 0.5) is 0 Å². The Morgan fingerprint density at radius 2 is 0.804 bits per heavy atom. The van der Waals surface area contributed by atoms with Gasteiger partial charge >= 0.3 is 11.9 Å². The van der Waals surface area contributed by atoms with Crippen molar-refractivity contribution < 1.29 is 47.8 Å². The molecule has 0 aliphatic carbocycles. The summed E-state index contributed by atoms with van der Waals surface area (Å²) in [6.07, 6.45) is 0.961. The van der Waals surface area contributed by atoms with E-state index in [0.717, 1.165) is 23.0 Å². The number of amides is 6. The summed E-state index contributed by atoms with van der Waals surface area (Å²) in [6, 6.07) is 0. The zero-order chi connectivity index (χ0) is 41.0. The minimum absolute atomic E-state index is 0.00937. The minimum Gasteiger partial charge on any atom is -0.469 e. The van der Waals surface area contributed by atoms with E-state index in [4.69, 9.17) is 11.5 Å². The molecule has 4 rings (SSSR count). The van der Waals surface area contributed by atoms with Crippen molar-refractivity contribution in [1.29, 1.82) is 0 Å². The highest BCUT2D eigenvalue weighted by atomic mass is 33.1.